The number of amidine groups is 1. The Bertz CT molecular complexity index is 503. The molecule has 2 heterocycles. The highest BCUT2D eigenvalue weighted by Crippen LogP contribution is 2.17. The Morgan fingerprint density at radius 2 is 2.31 bits per heavy atom. The minimum absolute atomic E-state index is 0.168. The van der Waals surface area contributed by atoms with Crippen LogP contribution in [0.5, 0.6) is 0 Å². The lowest BCUT2D eigenvalue weighted by molar-refractivity contribution is 0.890. The Labute approximate surface area is 92.2 Å². The van der Waals surface area contributed by atoms with Crippen molar-refractivity contribution in [2.45, 2.75) is 6.42 Å². The summed E-state index contributed by atoms with van der Waals surface area (Å²) < 4.78 is 0. The van der Waals surface area contributed by atoms with Crippen LogP contribution < -0.4 is 10.6 Å². The lowest BCUT2D eigenvalue weighted by Gasteiger charge is -2.17. The van der Waals surface area contributed by atoms with E-state index in [1.165, 1.54) is 6.33 Å². The van der Waals surface area contributed by atoms with Crippen molar-refractivity contribution in [1.29, 1.82) is 5.41 Å². The van der Waals surface area contributed by atoms with E-state index in [1.54, 1.807) is 6.33 Å². The van der Waals surface area contributed by atoms with Gasteiger partial charge in [0.1, 0.15) is 11.8 Å². The Morgan fingerprint density at radius 1 is 1.50 bits per heavy atom. The molecule has 0 saturated heterocycles. The third kappa shape index (κ3) is 1.92. The quantitative estimate of drug-likeness (QED) is 0.500. The average Bonchev–Trinajstić information content (AvgIpc) is 2.73. The monoisotopic (exact) mass is 219 g/mol. The summed E-state index contributed by atoms with van der Waals surface area (Å²) in [6.07, 6.45) is 3.57. The van der Waals surface area contributed by atoms with E-state index in [1.807, 2.05) is 11.9 Å². The molecule has 0 unspecified atom stereocenters. The molecule has 0 radical (unpaired) electrons. The zero-order valence-corrected chi connectivity index (χ0v) is 8.94. The van der Waals surface area contributed by atoms with Crippen LogP contribution in [0.1, 0.15) is 6.42 Å². The molecule has 7 nitrogen and oxygen atoms in total. The largest absolute Gasteiger partial charge is 0.388 e. The van der Waals surface area contributed by atoms with Gasteiger partial charge in [-0.3, -0.25) is 5.41 Å². The fourth-order valence-electron chi connectivity index (χ4n) is 1.44. The summed E-state index contributed by atoms with van der Waals surface area (Å²) in [7, 11) is 1.89. The van der Waals surface area contributed by atoms with Crippen LogP contribution in [0, 0.1) is 5.41 Å². The number of fused-ring (bicyclic) bond motifs is 1. The van der Waals surface area contributed by atoms with Gasteiger partial charge in [-0.05, 0) is 0 Å². The zero-order chi connectivity index (χ0) is 11.5. The van der Waals surface area contributed by atoms with Crippen molar-refractivity contribution in [3.63, 3.8) is 0 Å². The van der Waals surface area contributed by atoms with E-state index >= 15 is 0 Å². The minimum Gasteiger partial charge on any atom is -0.388 e. The molecule has 0 fully saturated rings. The molecule has 0 amide bonds. The molecule has 84 valence electrons. The van der Waals surface area contributed by atoms with Crippen molar-refractivity contribution in [3.05, 3.63) is 12.7 Å². The van der Waals surface area contributed by atoms with Crippen LogP contribution in [0.15, 0.2) is 12.7 Å². The maximum atomic E-state index is 7.18. The number of imidazole rings is 1. The fraction of sp³-hybridized carbons (Fsp3) is 0.333. The third-order valence-electron chi connectivity index (χ3n) is 2.28. The minimum atomic E-state index is 0.168. The highest BCUT2D eigenvalue weighted by Gasteiger charge is 2.09. The van der Waals surface area contributed by atoms with E-state index in [0.717, 1.165) is 11.3 Å². The van der Waals surface area contributed by atoms with Crippen molar-refractivity contribution < 1.29 is 0 Å². The van der Waals surface area contributed by atoms with Gasteiger partial charge in [0.25, 0.3) is 0 Å². The summed E-state index contributed by atoms with van der Waals surface area (Å²) in [5.41, 5.74) is 6.75. The van der Waals surface area contributed by atoms with Gasteiger partial charge in [0.05, 0.1) is 12.2 Å². The van der Waals surface area contributed by atoms with Crippen LogP contribution in [0.3, 0.4) is 0 Å². The van der Waals surface area contributed by atoms with Crippen LogP contribution in [0.25, 0.3) is 11.2 Å². The van der Waals surface area contributed by atoms with Gasteiger partial charge in [-0.15, -0.1) is 0 Å². The second-order valence-electron chi connectivity index (χ2n) is 3.50. The Balaban J connectivity index is 2.25. The SMILES string of the molecule is CN(CCC(=N)N)c1ncnc2nc[nH]c12. The van der Waals surface area contributed by atoms with E-state index < -0.39 is 0 Å². The fourth-order valence-corrected chi connectivity index (χ4v) is 1.44. The van der Waals surface area contributed by atoms with Crippen LogP contribution in [-0.2, 0) is 0 Å². The molecular weight excluding hydrogens is 206 g/mol. The summed E-state index contributed by atoms with van der Waals surface area (Å²) in [5, 5.41) is 7.18. The second-order valence-corrected chi connectivity index (χ2v) is 3.50. The van der Waals surface area contributed by atoms with Crippen LogP contribution >= 0.6 is 0 Å². The number of hydrogen-bond donors (Lipinski definition) is 3. The number of rotatable bonds is 4. The van der Waals surface area contributed by atoms with Crippen molar-refractivity contribution in [3.8, 4) is 0 Å². The first kappa shape index (κ1) is 10.3. The van der Waals surface area contributed by atoms with Crippen molar-refractivity contribution in [2.75, 3.05) is 18.5 Å². The predicted molar refractivity (Wildman–Crippen MR) is 61.5 cm³/mol. The van der Waals surface area contributed by atoms with E-state index in [9.17, 15) is 0 Å². The number of aromatic amines is 1. The maximum Gasteiger partial charge on any atom is 0.182 e. The lowest BCUT2D eigenvalue weighted by Crippen LogP contribution is -2.24. The topological polar surface area (TPSA) is 108 Å². The third-order valence-corrected chi connectivity index (χ3v) is 2.28. The predicted octanol–water partition coefficient (Wildman–Crippen LogP) is 0.115. The molecule has 0 atom stereocenters. The summed E-state index contributed by atoms with van der Waals surface area (Å²) in [5.74, 6) is 0.936. The molecule has 16 heavy (non-hydrogen) atoms. The standard InChI is InChI=1S/C9H13N7/c1-16(3-2-6(10)11)9-7-8(13-4-12-7)14-5-15-9/h4-5H,2-3H2,1H3,(H3,10,11)(H,12,13,14,15). The molecule has 2 aromatic heterocycles. The highest BCUT2D eigenvalue weighted by molar-refractivity contribution is 5.83. The molecule has 0 saturated carbocycles. The Morgan fingerprint density at radius 3 is 3.06 bits per heavy atom. The summed E-state index contributed by atoms with van der Waals surface area (Å²) in [4.78, 5) is 17.2. The molecule has 2 rings (SSSR count). The molecule has 0 aliphatic rings. The highest BCUT2D eigenvalue weighted by atomic mass is 15.2. The number of H-pyrrole nitrogens is 1. The van der Waals surface area contributed by atoms with Gasteiger partial charge < -0.3 is 15.6 Å². The number of anilines is 1. The van der Waals surface area contributed by atoms with Crippen LogP contribution in [0.4, 0.5) is 5.82 Å². The zero-order valence-electron chi connectivity index (χ0n) is 8.94. The first-order valence-electron chi connectivity index (χ1n) is 4.86. The van der Waals surface area contributed by atoms with E-state index in [4.69, 9.17) is 11.1 Å². The molecule has 0 aromatic carbocycles. The Hall–Kier alpha value is -2.18. The molecule has 0 bridgehead atoms. The summed E-state index contributed by atoms with van der Waals surface area (Å²) >= 11 is 0. The second kappa shape index (κ2) is 4.13. The Kier molecular flexibility index (Phi) is 2.67. The van der Waals surface area contributed by atoms with Crippen LogP contribution in [-0.4, -0.2) is 39.4 Å². The number of nitrogens with zero attached hydrogens (tertiary/aromatic N) is 4. The molecule has 0 spiro atoms. The van der Waals surface area contributed by atoms with E-state index in [0.29, 0.717) is 18.6 Å². The van der Waals surface area contributed by atoms with Crippen LogP contribution in [0.2, 0.25) is 0 Å². The first-order valence-corrected chi connectivity index (χ1v) is 4.86. The number of nitrogens with two attached hydrogens (primary N) is 1. The number of hydrogen-bond acceptors (Lipinski definition) is 5. The van der Waals surface area contributed by atoms with Gasteiger partial charge in [0, 0.05) is 20.0 Å². The summed E-state index contributed by atoms with van der Waals surface area (Å²) in [6, 6.07) is 0. The molecular formula is C9H13N7. The number of aromatic nitrogens is 4. The lowest BCUT2D eigenvalue weighted by atomic mass is 10.3. The van der Waals surface area contributed by atoms with Gasteiger partial charge in [-0.2, -0.15) is 0 Å². The van der Waals surface area contributed by atoms with Gasteiger partial charge in [0.15, 0.2) is 11.5 Å². The molecule has 2 aromatic rings. The van der Waals surface area contributed by atoms with Crippen molar-refractivity contribution in [2.24, 2.45) is 5.73 Å². The van der Waals surface area contributed by atoms with Gasteiger partial charge in [-0.25, -0.2) is 15.0 Å². The number of nitrogens with one attached hydrogen (secondary N) is 2. The molecule has 4 N–H and O–H groups in total. The molecule has 0 aliphatic carbocycles. The average molecular weight is 219 g/mol. The smallest absolute Gasteiger partial charge is 0.182 e. The van der Waals surface area contributed by atoms with Crippen molar-refractivity contribution >= 4 is 22.8 Å². The van der Waals surface area contributed by atoms with E-state index in [2.05, 4.69) is 19.9 Å². The van der Waals surface area contributed by atoms with Gasteiger partial charge in [0.2, 0.25) is 0 Å². The normalized spacial score (nSPS) is 10.6. The van der Waals surface area contributed by atoms with Gasteiger partial charge in [-0.1, -0.05) is 0 Å². The maximum absolute atomic E-state index is 7.18. The van der Waals surface area contributed by atoms with Gasteiger partial charge >= 0.3 is 0 Å². The first-order chi connectivity index (χ1) is 7.68. The molecule has 7 heteroatoms. The molecule has 0 aliphatic heterocycles. The van der Waals surface area contributed by atoms with Crippen molar-refractivity contribution in [1.82, 2.24) is 19.9 Å². The van der Waals surface area contributed by atoms with E-state index in [-0.39, 0.29) is 5.84 Å². The summed E-state index contributed by atoms with van der Waals surface area (Å²) in [6.45, 7) is 0.639.